The summed E-state index contributed by atoms with van der Waals surface area (Å²) in [4.78, 5) is 10.6. The van der Waals surface area contributed by atoms with Gasteiger partial charge in [0.15, 0.2) is 0 Å². The van der Waals surface area contributed by atoms with Crippen LogP contribution in [0.3, 0.4) is 0 Å². The van der Waals surface area contributed by atoms with Gasteiger partial charge in [-0.15, -0.1) is 0 Å². The van der Waals surface area contributed by atoms with Crippen molar-refractivity contribution in [2.24, 2.45) is 0 Å². The molecule has 0 saturated carbocycles. The van der Waals surface area contributed by atoms with Crippen LogP contribution >= 0.6 is 0 Å². The molecule has 0 saturated heterocycles. The normalized spacial score (nSPS) is 13.7. The lowest BCUT2D eigenvalue weighted by Gasteiger charge is -2.21. The largest absolute Gasteiger partial charge is 0.456 e. The van der Waals surface area contributed by atoms with Gasteiger partial charge >= 0.3 is 0 Å². The van der Waals surface area contributed by atoms with Crippen LogP contribution in [-0.4, -0.2) is 14.5 Å². The van der Waals surface area contributed by atoms with Gasteiger partial charge < -0.3 is 4.42 Å². The number of furan rings is 1. The Bertz CT molecular complexity index is 3030. The van der Waals surface area contributed by atoms with E-state index in [1.54, 1.807) is 0 Å². The van der Waals surface area contributed by atoms with Crippen LogP contribution in [0.15, 0.2) is 144 Å². The van der Waals surface area contributed by atoms with E-state index in [-0.39, 0.29) is 5.41 Å². The number of benzene rings is 7. The molecule has 0 bridgehead atoms. The van der Waals surface area contributed by atoms with Crippen LogP contribution in [0.1, 0.15) is 25.0 Å². The van der Waals surface area contributed by atoms with Crippen molar-refractivity contribution in [2.75, 3.05) is 0 Å². The van der Waals surface area contributed by atoms with E-state index in [9.17, 15) is 0 Å². The fourth-order valence-corrected chi connectivity index (χ4v) is 8.37. The maximum Gasteiger partial charge on any atom is 0.235 e. The van der Waals surface area contributed by atoms with E-state index in [0.717, 1.165) is 55.1 Å². The fraction of sp³-hybridized carbons (Fsp3) is 0.0667. The SMILES string of the molecule is CC1(C)c2ccccc2-c2cc3c4ccccc4n(-c4nc(-c5ccc6c(c5)oc5cc7ccccc7cc56)c5ccccc5n4)c3cc21. The van der Waals surface area contributed by atoms with Gasteiger partial charge in [-0.25, -0.2) is 9.97 Å². The molecule has 0 unspecified atom stereocenters. The lowest BCUT2D eigenvalue weighted by molar-refractivity contribution is 0.661. The molecule has 0 radical (unpaired) electrons. The van der Waals surface area contributed by atoms with Gasteiger partial charge in [-0.2, -0.15) is 0 Å². The molecule has 0 amide bonds. The third-order valence-electron chi connectivity index (χ3n) is 10.8. The molecule has 0 N–H and O–H groups in total. The first kappa shape index (κ1) is 26.8. The van der Waals surface area contributed by atoms with E-state index < -0.39 is 0 Å². The smallest absolute Gasteiger partial charge is 0.235 e. The molecule has 3 aromatic heterocycles. The van der Waals surface area contributed by atoms with Crippen molar-refractivity contribution in [1.29, 1.82) is 0 Å². The highest BCUT2D eigenvalue weighted by Gasteiger charge is 2.36. The second-order valence-electron chi connectivity index (χ2n) is 13.8. The molecule has 0 fully saturated rings. The Labute approximate surface area is 281 Å². The molecule has 230 valence electrons. The highest BCUT2D eigenvalue weighted by Crippen LogP contribution is 2.51. The third-order valence-corrected chi connectivity index (χ3v) is 10.8. The second-order valence-corrected chi connectivity index (χ2v) is 13.8. The molecule has 49 heavy (non-hydrogen) atoms. The van der Waals surface area contributed by atoms with Crippen LogP contribution in [0.25, 0.3) is 93.8 Å². The Morgan fingerprint density at radius 1 is 0.510 bits per heavy atom. The van der Waals surface area contributed by atoms with Crippen molar-refractivity contribution in [3.63, 3.8) is 0 Å². The number of para-hydroxylation sites is 2. The van der Waals surface area contributed by atoms with Crippen LogP contribution in [0.2, 0.25) is 0 Å². The van der Waals surface area contributed by atoms with E-state index in [1.165, 1.54) is 43.8 Å². The van der Waals surface area contributed by atoms with Crippen molar-refractivity contribution in [3.05, 3.63) is 151 Å². The molecule has 10 aromatic rings. The van der Waals surface area contributed by atoms with Crippen LogP contribution in [0.5, 0.6) is 0 Å². The topological polar surface area (TPSA) is 43.9 Å². The highest BCUT2D eigenvalue weighted by atomic mass is 16.3. The summed E-state index contributed by atoms with van der Waals surface area (Å²) >= 11 is 0. The molecule has 3 heterocycles. The van der Waals surface area contributed by atoms with Crippen molar-refractivity contribution < 1.29 is 4.42 Å². The maximum absolute atomic E-state index is 6.49. The van der Waals surface area contributed by atoms with Crippen molar-refractivity contribution in [2.45, 2.75) is 19.3 Å². The van der Waals surface area contributed by atoms with Crippen LogP contribution in [0, 0.1) is 0 Å². The number of nitrogens with zero attached hydrogens (tertiary/aromatic N) is 3. The zero-order chi connectivity index (χ0) is 32.4. The second kappa shape index (κ2) is 9.42. The van der Waals surface area contributed by atoms with E-state index in [2.05, 4.69) is 158 Å². The minimum atomic E-state index is -0.120. The third kappa shape index (κ3) is 3.63. The molecule has 7 aromatic carbocycles. The monoisotopic (exact) mass is 627 g/mol. The zero-order valence-electron chi connectivity index (χ0n) is 27.0. The van der Waals surface area contributed by atoms with Gasteiger partial charge in [0, 0.05) is 37.9 Å². The summed E-state index contributed by atoms with van der Waals surface area (Å²) in [5.41, 5.74) is 11.9. The number of hydrogen-bond donors (Lipinski definition) is 0. The Morgan fingerprint density at radius 2 is 1.24 bits per heavy atom. The average molecular weight is 628 g/mol. The molecule has 1 aliphatic rings. The molecule has 0 atom stereocenters. The predicted molar refractivity (Wildman–Crippen MR) is 202 cm³/mol. The van der Waals surface area contributed by atoms with Crippen LogP contribution in [0.4, 0.5) is 0 Å². The van der Waals surface area contributed by atoms with Gasteiger partial charge in [-0.1, -0.05) is 105 Å². The first-order valence-corrected chi connectivity index (χ1v) is 16.8. The Hall–Kier alpha value is -6.26. The number of fused-ring (bicyclic) bond motifs is 11. The summed E-state index contributed by atoms with van der Waals surface area (Å²) in [6, 6.07) is 49.8. The Morgan fingerprint density at radius 3 is 2.14 bits per heavy atom. The summed E-state index contributed by atoms with van der Waals surface area (Å²) in [6.45, 7) is 4.66. The molecular formula is C45H29N3O. The molecule has 0 aliphatic heterocycles. The number of hydrogen-bond acceptors (Lipinski definition) is 3. The molecular weight excluding hydrogens is 599 g/mol. The lowest BCUT2D eigenvalue weighted by Crippen LogP contribution is -2.15. The van der Waals surface area contributed by atoms with Crippen molar-refractivity contribution >= 4 is 65.4 Å². The summed E-state index contributed by atoms with van der Waals surface area (Å²) in [5, 5.41) is 8.00. The standard InChI is InChI=1S/C45H29N3O/c1-45(2)36-16-8-5-13-29(36)33-24-34-30-14-7-10-18-39(30)48(40(34)25-37(33)45)44-46-38-17-9-6-15-32(38)43(47-44)28-19-20-31-35-21-26-11-3-4-12-27(26)22-42(35)49-41(31)23-28/h3-25H,1-2H3. The van der Waals surface area contributed by atoms with Crippen LogP contribution in [-0.2, 0) is 5.41 Å². The molecule has 11 rings (SSSR count). The fourth-order valence-electron chi connectivity index (χ4n) is 8.37. The minimum Gasteiger partial charge on any atom is -0.456 e. The number of aromatic nitrogens is 3. The summed E-state index contributed by atoms with van der Waals surface area (Å²) in [5.74, 6) is 0.657. The molecule has 4 heteroatoms. The minimum absolute atomic E-state index is 0.120. The van der Waals surface area contributed by atoms with E-state index >= 15 is 0 Å². The van der Waals surface area contributed by atoms with Crippen molar-refractivity contribution in [1.82, 2.24) is 14.5 Å². The first-order valence-electron chi connectivity index (χ1n) is 16.8. The van der Waals surface area contributed by atoms with Gasteiger partial charge in [0.1, 0.15) is 11.2 Å². The quantitative estimate of drug-likeness (QED) is 0.192. The van der Waals surface area contributed by atoms with Gasteiger partial charge in [-0.05, 0) is 81.6 Å². The molecule has 1 aliphatic carbocycles. The summed E-state index contributed by atoms with van der Waals surface area (Å²) in [6.07, 6.45) is 0. The van der Waals surface area contributed by atoms with Crippen LogP contribution < -0.4 is 0 Å². The molecule has 0 spiro atoms. The first-order chi connectivity index (χ1) is 24.0. The van der Waals surface area contributed by atoms with E-state index in [0.29, 0.717) is 5.95 Å². The average Bonchev–Trinajstić information content (AvgIpc) is 3.74. The Kier molecular flexibility index (Phi) is 5.15. The summed E-state index contributed by atoms with van der Waals surface area (Å²) < 4.78 is 8.75. The maximum atomic E-state index is 6.49. The number of rotatable bonds is 2. The van der Waals surface area contributed by atoms with E-state index in [1.807, 2.05) is 0 Å². The van der Waals surface area contributed by atoms with E-state index in [4.69, 9.17) is 14.4 Å². The lowest BCUT2D eigenvalue weighted by atomic mass is 9.82. The van der Waals surface area contributed by atoms with Gasteiger partial charge in [0.2, 0.25) is 5.95 Å². The van der Waals surface area contributed by atoms with Gasteiger partial charge in [-0.3, -0.25) is 4.57 Å². The predicted octanol–water partition coefficient (Wildman–Crippen LogP) is 11.8. The van der Waals surface area contributed by atoms with Gasteiger partial charge in [0.05, 0.1) is 22.2 Å². The Balaban J connectivity index is 1.17. The molecule has 4 nitrogen and oxygen atoms in total. The van der Waals surface area contributed by atoms with Gasteiger partial charge in [0.25, 0.3) is 0 Å². The zero-order valence-corrected chi connectivity index (χ0v) is 27.0. The highest BCUT2D eigenvalue weighted by molar-refractivity contribution is 6.13. The van der Waals surface area contributed by atoms with Crippen molar-refractivity contribution in [3.8, 4) is 28.3 Å². The summed E-state index contributed by atoms with van der Waals surface area (Å²) in [7, 11) is 0.